The molecule has 2 aliphatic rings. The molecule has 0 N–H and O–H groups in total. The number of nitrogens with zero attached hydrogens (tertiary/aromatic N) is 3. The van der Waals surface area contributed by atoms with Gasteiger partial charge in [-0.1, -0.05) is 22.5 Å². The van der Waals surface area contributed by atoms with Gasteiger partial charge in [0.05, 0.1) is 19.3 Å². The van der Waals surface area contributed by atoms with Gasteiger partial charge >= 0.3 is 0 Å². The van der Waals surface area contributed by atoms with Gasteiger partial charge in [0.2, 0.25) is 0 Å². The lowest BCUT2D eigenvalue weighted by Gasteiger charge is -2.37. The van der Waals surface area contributed by atoms with Gasteiger partial charge in [-0.25, -0.2) is 0 Å². The molecule has 0 amide bonds. The molecule has 0 saturated carbocycles. The summed E-state index contributed by atoms with van der Waals surface area (Å²) in [6.45, 7) is 3.19. The number of likely N-dealkylation sites (tertiary alicyclic amines) is 1. The molecular weight excluding hydrogens is 274 g/mol. The first-order valence-corrected chi connectivity index (χ1v) is 7.44. The standard InChI is InChI=1S/C11H16ClN3O2S/c12-10-8(13-14-18-10)7-15-4-2-1-3-9(15)11-16-5-6-17-11/h9,11H,1-7H2/t9-/m0/s1. The summed E-state index contributed by atoms with van der Waals surface area (Å²) in [5.74, 6) is 0. The Kier molecular flexibility index (Phi) is 4.10. The van der Waals surface area contributed by atoms with Crippen molar-refractivity contribution in [1.82, 2.24) is 14.5 Å². The molecule has 3 heterocycles. The molecule has 0 spiro atoms. The predicted octanol–water partition coefficient (Wildman–Crippen LogP) is 1.92. The fraction of sp³-hybridized carbons (Fsp3) is 0.818. The molecule has 0 unspecified atom stereocenters. The Morgan fingerprint density at radius 2 is 2.17 bits per heavy atom. The fourth-order valence-electron chi connectivity index (χ4n) is 2.60. The minimum atomic E-state index is -0.0873. The Morgan fingerprint density at radius 3 is 2.89 bits per heavy atom. The minimum Gasteiger partial charge on any atom is -0.349 e. The van der Waals surface area contributed by atoms with Crippen LogP contribution < -0.4 is 0 Å². The van der Waals surface area contributed by atoms with Crippen molar-refractivity contribution in [1.29, 1.82) is 0 Å². The molecule has 2 saturated heterocycles. The van der Waals surface area contributed by atoms with Crippen LogP contribution in [0.15, 0.2) is 0 Å². The van der Waals surface area contributed by atoms with Crippen LogP contribution in [0.25, 0.3) is 0 Å². The molecule has 0 bridgehead atoms. The molecule has 3 rings (SSSR count). The summed E-state index contributed by atoms with van der Waals surface area (Å²) < 4.78 is 15.9. The highest BCUT2D eigenvalue weighted by Crippen LogP contribution is 2.27. The fourth-order valence-corrected chi connectivity index (χ4v) is 3.22. The molecule has 7 heteroatoms. The van der Waals surface area contributed by atoms with Crippen LogP contribution in [-0.2, 0) is 16.0 Å². The first kappa shape index (κ1) is 12.7. The maximum absolute atomic E-state index is 6.07. The van der Waals surface area contributed by atoms with Gasteiger partial charge < -0.3 is 9.47 Å². The van der Waals surface area contributed by atoms with Crippen LogP contribution in [0, 0.1) is 0 Å². The third kappa shape index (κ3) is 2.67. The van der Waals surface area contributed by atoms with Crippen molar-refractivity contribution in [2.45, 2.75) is 38.1 Å². The molecule has 2 fully saturated rings. The van der Waals surface area contributed by atoms with E-state index in [0.29, 0.717) is 23.6 Å². The van der Waals surface area contributed by atoms with Gasteiger partial charge in [0, 0.05) is 18.1 Å². The Bertz CT molecular complexity index is 397. The topological polar surface area (TPSA) is 47.5 Å². The summed E-state index contributed by atoms with van der Waals surface area (Å²) in [5.41, 5.74) is 0.867. The van der Waals surface area contributed by atoms with Crippen LogP contribution >= 0.6 is 23.1 Å². The van der Waals surface area contributed by atoms with E-state index in [9.17, 15) is 0 Å². The number of halogens is 1. The van der Waals surface area contributed by atoms with E-state index in [1.54, 1.807) is 0 Å². The first-order chi connectivity index (χ1) is 8.84. The van der Waals surface area contributed by atoms with E-state index >= 15 is 0 Å². The Hall–Kier alpha value is -0.270. The summed E-state index contributed by atoms with van der Waals surface area (Å²) in [4.78, 5) is 2.36. The minimum absolute atomic E-state index is 0.0873. The summed E-state index contributed by atoms with van der Waals surface area (Å²) in [6.07, 6.45) is 3.46. The van der Waals surface area contributed by atoms with Crippen LogP contribution in [0.4, 0.5) is 0 Å². The van der Waals surface area contributed by atoms with E-state index in [2.05, 4.69) is 14.5 Å². The lowest BCUT2D eigenvalue weighted by Crippen LogP contribution is -2.46. The molecule has 2 aliphatic heterocycles. The highest BCUT2D eigenvalue weighted by atomic mass is 35.5. The molecule has 18 heavy (non-hydrogen) atoms. The van der Waals surface area contributed by atoms with Crippen molar-refractivity contribution in [3.8, 4) is 0 Å². The van der Waals surface area contributed by atoms with E-state index in [4.69, 9.17) is 21.1 Å². The van der Waals surface area contributed by atoms with Crippen LogP contribution in [0.5, 0.6) is 0 Å². The second-order valence-corrected chi connectivity index (χ2v) is 5.99. The zero-order valence-corrected chi connectivity index (χ0v) is 11.6. The maximum atomic E-state index is 6.07. The summed E-state index contributed by atoms with van der Waals surface area (Å²) >= 11 is 7.31. The monoisotopic (exact) mass is 289 g/mol. The Balaban J connectivity index is 1.69. The van der Waals surface area contributed by atoms with Crippen molar-refractivity contribution in [3.63, 3.8) is 0 Å². The Morgan fingerprint density at radius 1 is 1.33 bits per heavy atom. The average molecular weight is 290 g/mol. The summed E-state index contributed by atoms with van der Waals surface area (Å²) in [7, 11) is 0. The van der Waals surface area contributed by atoms with E-state index in [-0.39, 0.29) is 6.29 Å². The summed E-state index contributed by atoms with van der Waals surface area (Å²) in [6, 6.07) is 0.319. The largest absolute Gasteiger partial charge is 0.349 e. The molecular formula is C11H16ClN3O2S. The second kappa shape index (κ2) is 5.79. The zero-order valence-electron chi connectivity index (χ0n) is 10.0. The lowest BCUT2D eigenvalue weighted by atomic mass is 10.0. The van der Waals surface area contributed by atoms with Crippen LogP contribution in [-0.4, -0.2) is 46.6 Å². The number of hydrogen-bond acceptors (Lipinski definition) is 6. The summed E-state index contributed by atoms with van der Waals surface area (Å²) in [5, 5.41) is 4.08. The number of ether oxygens (including phenoxy) is 2. The van der Waals surface area contributed by atoms with Crippen LogP contribution in [0.3, 0.4) is 0 Å². The van der Waals surface area contributed by atoms with E-state index < -0.39 is 0 Å². The molecule has 0 aromatic carbocycles. The average Bonchev–Trinajstić information content (AvgIpc) is 3.03. The highest BCUT2D eigenvalue weighted by Gasteiger charge is 2.34. The van der Waals surface area contributed by atoms with Crippen molar-refractivity contribution in [2.75, 3.05) is 19.8 Å². The Labute approximate surface area is 115 Å². The molecule has 0 aliphatic carbocycles. The van der Waals surface area contributed by atoms with Gasteiger partial charge in [0.1, 0.15) is 10.0 Å². The van der Waals surface area contributed by atoms with Crippen molar-refractivity contribution in [3.05, 3.63) is 10.0 Å². The van der Waals surface area contributed by atoms with E-state index in [1.165, 1.54) is 24.4 Å². The van der Waals surface area contributed by atoms with Gasteiger partial charge in [-0.05, 0) is 19.4 Å². The SMILES string of the molecule is Clc1snnc1CN1CCCC[C@H]1C1OCCO1. The highest BCUT2D eigenvalue weighted by molar-refractivity contribution is 7.10. The van der Waals surface area contributed by atoms with Gasteiger partial charge in [0.25, 0.3) is 0 Å². The van der Waals surface area contributed by atoms with Gasteiger partial charge in [-0.3, -0.25) is 4.90 Å². The zero-order chi connectivity index (χ0) is 12.4. The maximum Gasteiger partial charge on any atom is 0.173 e. The van der Waals surface area contributed by atoms with Gasteiger partial charge in [-0.2, -0.15) is 0 Å². The van der Waals surface area contributed by atoms with Crippen LogP contribution in [0.2, 0.25) is 4.34 Å². The second-order valence-electron chi connectivity index (χ2n) is 4.64. The normalized spacial score (nSPS) is 26.8. The molecule has 100 valence electrons. The smallest absolute Gasteiger partial charge is 0.173 e. The van der Waals surface area contributed by atoms with E-state index in [1.807, 2.05) is 0 Å². The third-order valence-corrected chi connectivity index (χ3v) is 4.47. The lowest BCUT2D eigenvalue weighted by molar-refractivity contribution is -0.111. The molecule has 0 radical (unpaired) electrons. The van der Waals surface area contributed by atoms with Crippen molar-refractivity contribution < 1.29 is 9.47 Å². The molecule has 1 aromatic heterocycles. The number of aromatic nitrogens is 2. The van der Waals surface area contributed by atoms with Crippen molar-refractivity contribution >= 4 is 23.1 Å². The van der Waals surface area contributed by atoms with E-state index in [0.717, 1.165) is 25.2 Å². The van der Waals surface area contributed by atoms with Gasteiger partial charge in [-0.15, -0.1) is 5.10 Å². The number of piperidine rings is 1. The van der Waals surface area contributed by atoms with Gasteiger partial charge in [0.15, 0.2) is 6.29 Å². The quantitative estimate of drug-likeness (QED) is 0.851. The predicted molar refractivity (Wildman–Crippen MR) is 68.7 cm³/mol. The van der Waals surface area contributed by atoms with Crippen molar-refractivity contribution in [2.24, 2.45) is 0 Å². The van der Waals surface area contributed by atoms with Crippen LogP contribution in [0.1, 0.15) is 25.0 Å². The third-order valence-electron chi connectivity index (χ3n) is 3.49. The molecule has 1 atom stereocenters. The number of rotatable bonds is 3. The first-order valence-electron chi connectivity index (χ1n) is 6.28. The molecule has 5 nitrogen and oxygen atoms in total. The number of hydrogen-bond donors (Lipinski definition) is 0. The molecule has 1 aromatic rings.